The second-order valence-corrected chi connectivity index (χ2v) is 9.85. The van der Waals surface area contributed by atoms with E-state index in [1.54, 1.807) is 6.07 Å². The first-order valence-electron chi connectivity index (χ1n) is 9.90. The summed E-state index contributed by atoms with van der Waals surface area (Å²) in [7, 11) is -4.03. The molecular formula is C21H29NO4S. The van der Waals surface area contributed by atoms with E-state index in [1.807, 2.05) is 12.1 Å². The van der Waals surface area contributed by atoms with E-state index in [0.717, 1.165) is 50.5 Å². The number of hydrogen-bond acceptors (Lipinski definition) is 4. The lowest BCUT2D eigenvalue weighted by atomic mass is 9.48. The Hall–Kier alpha value is -1.37. The van der Waals surface area contributed by atoms with Crippen LogP contribution in [0.3, 0.4) is 0 Å². The molecule has 1 aromatic rings. The van der Waals surface area contributed by atoms with Crippen LogP contribution >= 0.6 is 0 Å². The van der Waals surface area contributed by atoms with Crippen molar-refractivity contribution in [2.75, 3.05) is 0 Å². The fourth-order valence-electron chi connectivity index (χ4n) is 6.59. The van der Waals surface area contributed by atoms with E-state index in [2.05, 4.69) is 19.6 Å². The first kappa shape index (κ1) is 19.0. The molecule has 1 aromatic carbocycles. The topological polar surface area (TPSA) is 89.6 Å². The van der Waals surface area contributed by atoms with Gasteiger partial charge in [0.25, 0.3) is 0 Å². The van der Waals surface area contributed by atoms with Crippen molar-refractivity contribution >= 4 is 10.3 Å². The van der Waals surface area contributed by atoms with Crippen molar-refractivity contribution in [3.63, 3.8) is 0 Å². The normalized spacial score (nSPS) is 37.8. The second-order valence-electron chi connectivity index (χ2n) is 8.70. The summed E-state index contributed by atoms with van der Waals surface area (Å²) in [4.78, 5) is 0. The Morgan fingerprint density at radius 3 is 2.81 bits per heavy atom. The molecule has 0 heterocycles. The number of fused-ring (bicyclic) bond motifs is 5. The number of benzene rings is 1. The van der Waals surface area contributed by atoms with Crippen LogP contribution in [0.2, 0.25) is 0 Å². The summed E-state index contributed by atoms with van der Waals surface area (Å²) in [5, 5.41) is 15.4. The van der Waals surface area contributed by atoms with E-state index >= 15 is 0 Å². The number of hydrogen-bond donors (Lipinski definition) is 2. The van der Waals surface area contributed by atoms with Crippen LogP contribution in [0.25, 0.3) is 0 Å². The highest BCUT2D eigenvalue weighted by Gasteiger charge is 2.58. The lowest BCUT2D eigenvalue weighted by Crippen LogP contribution is -2.50. The highest BCUT2D eigenvalue weighted by atomic mass is 32.2. The molecule has 148 valence electrons. The second kappa shape index (κ2) is 6.33. The number of nitrogens with two attached hydrogens (primary N) is 1. The predicted molar refractivity (Wildman–Crippen MR) is 105 cm³/mol. The fraction of sp³-hybridized carbons (Fsp3) is 0.619. The minimum atomic E-state index is -4.03. The number of aliphatic hydroxyl groups is 1. The molecule has 0 aromatic heterocycles. The molecule has 2 saturated carbocycles. The number of rotatable bonds is 4. The van der Waals surface area contributed by atoms with E-state index in [0.29, 0.717) is 11.8 Å². The summed E-state index contributed by atoms with van der Waals surface area (Å²) in [6, 6.07) is 5.50. The molecule has 3 aliphatic carbocycles. The van der Waals surface area contributed by atoms with Gasteiger partial charge >= 0.3 is 10.3 Å². The van der Waals surface area contributed by atoms with Crippen molar-refractivity contribution in [2.45, 2.75) is 63.4 Å². The van der Waals surface area contributed by atoms with Gasteiger partial charge in [0.1, 0.15) is 5.75 Å². The van der Waals surface area contributed by atoms with Crippen LogP contribution in [0.5, 0.6) is 5.75 Å². The smallest absolute Gasteiger partial charge is 0.380 e. The summed E-state index contributed by atoms with van der Waals surface area (Å²) >= 11 is 0. The molecule has 2 fully saturated rings. The largest absolute Gasteiger partial charge is 0.393 e. The Morgan fingerprint density at radius 1 is 1.37 bits per heavy atom. The lowest BCUT2D eigenvalue weighted by molar-refractivity contribution is 0.0116. The van der Waals surface area contributed by atoms with Crippen molar-refractivity contribution in [1.82, 2.24) is 0 Å². The van der Waals surface area contributed by atoms with Crippen LogP contribution in [0.15, 0.2) is 30.9 Å². The average Bonchev–Trinajstić information content (AvgIpc) is 2.96. The van der Waals surface area contributed by atoms with Gasteiger partial charge < -0.3 is 9.29 Å². The fourth-order valence-corrected chi connectivity index (χ4v) is 6.97. The molecular weight excluding hydrogens is 362 g/mol. The molecule has 2 unspecified atom stereocenters. The van der Waals surface area contributed by atoms with Crippen LogP contribution in [0.4, 0.5) is 0 Å². The molecule has 5 nitrogen and oxygen atoms in total. The molecule has 0 radical (unpaired) electrons. The van der Waals surface area contributed by atoms with E-state index in [-0.39, 0.29) is 22.7 Å². The zero-order valence-corrected chi connectivity index (χ0v) is 16.7. The number of aliphatic hydroxyl groups excluding tert-OH is 1. The minimum absolute atomic E-state index is 0.110. The van der Waals surface area contributed by atoms with Crippen LogP contribution in [-0.4, -0.2) is 19.6 Å². The summed E-state index contributed by atoms with van der Waals surface area (Å²) in [6.45, 7) is 6.48. The molecule has 0 aliphatic heterocycles. The van der Waals surface area contributed by atoms with Gasteiger partial charge in [-0.2, -0.15) is 13.6 Å². The van der Waals surface area contributed by atoms with Gasteiger partial charge in [-0.15, -0.1) is 6.58 Å². The average molecular weight is 392 g/mol. The highest BCUT2D eigenvalue weighted by Crippen LogP contribution is 2.64. The Labute approximate surface area is 161 Å². The molecule has 0 spiro atoms. The zero-order chi connectivity index (χ0) is 19.4. The third-order valence-corrected chi connectivity index (χ3v) is 8.15. The van der Waals surface area contributed by atoms with E-state index in [1.165, 1.54) is 5.56 Å². The van der Waals surface area contributed by atoms with Crippen molar-refractivity contribution in [1.29, 1.82) is 0 Å². The first-order valence-corrected chi connectivity index (χ1v) is 11.4. The molecule has 3 N–H and O–H groups in total. The SMILES string of the molecule is C=C[C@]12CC[C@]3(CC)C[C@H](O)CC3C1CCc1cc(OS(N)(=O)=O)ccc12. The predicted octanol–water partition coefficient (Wildman–Crippen LogP) is 3.22. The maximum absolute atomic E-state index is 11.3. The third kappa shape index (κ3) is 2.93. The van der Waals surface area contributed by atoms with Gasteiger partial charge in [-0.1, -0.05) is 25.5 Å². The van der Waals surface area contributed by atoms with Crippen molar-refractivity contribution in [3.8, 4) is 5.75 Å². The molecule has 0 bridgehead atoms. The van der Waals surface area contributed by atoms with Gasteiger partial charge in [0, 0.05) is 5.41 Å². The summed E-state index contributed by atoms with van der Waals surface area (Å²) in [5.74, 6) is 1.25. The van der Waals surface area contributed by atoms with Crippen LogP contribution in [0.1, 0.15) is 56.6 Å². The van der Waals surface area contributed by atoms with Crippen LogP contribution < -0.4 is 9.32 Å². The van der Waals surface area contributed by atoms with E-state index in [4.69, 9.17) is 9.32 Å². The Bertz CT molecular complexity index is 867. The molecule has 0 saturated heterocycles. The van der Waals surface area contributed by atoms with Gasteiger partial charge in [0.15, 0.2) is 0 Å². The Kier molecular flexibility index (Phi) is 4.44. The first-order chi connectivity index (χ1) is 12.7. The molecule has 3 aliphatic rings. The molecule has 27 heavy (non-hydrogen) atoms. The van der Waals surface area contributed by atoms with Gasteiger partial charge in [-0.3, -0.25) is 0 Å². The maximum atomic E-state index is 11.3. The van der Waals surface area contributed by atoms with Crippen molar-refractivity contribution in [2.24, 2.45) is 22.4 Å². The van der Waals surface area contributed by atoms with Gasteiger partial charge in [-0.05, 0) is 79.0 Å². The Balaban J connectivity index is 1.75. The maximum Gasteiger partial charge on any atom is 0.380 e. The quantitative estimate of drug-likeness (QED) is 0.771. The highest BCUT2D eigenvalue weighted by molar-refractivity contribution is 7.84. The van der Waals surface area contributed by atoms with Crippen LogP contribution in [-0.2, 0) is 22.1 Å². The number of aryl methyl sites for hydroxylation is 1. The third-order valence-electron chi connectivity index (χ3n) is 7.72. The monoisotopic (exact) mass is 391 g/mol. The molecule has 5 atom stereocenters. The Morgan fingerprint density at radius 2 is 2.15 bits per heavy atom. The summed E-state index contributed by atoms with van der Waals surface area (Å²) in [5.41, 5.74) is 2.50. The summed E-state index contributed by atoms with van der Waals surface area (Å²) in [6.07, 6.45) is 8.88. The van der Waals surface area contributed by atoms with Gasteiger partial charge in [-0.25, -0.2) is 0 Å². The van der Waals surface area contributed by atoms with E-state index < -0.39 is 10.3 Å². The molecule has 4 rings (SSSR count). The van der Waals surface area contributed by atoms with E-state index in [9.17, 15) is 13.5 Å². The lowest BCUT2D eigenvalue weighted by Gasteiger charge is -2.56. The van der Waals surface area contributed by atoms with Gasteiger partial charge in [0.2, 0.25) is 0 Å². The van der Waals surface area contributed by atoms with Crippen LogP contribution in [0, 0.1) is 17.3 Å². The molecule has 0 amide bonds. The minimum Gasteiger partial charge on any atom is -0.393 e. The van der Waals surface area contributed by atoms with Crippen molar-refractivity contribution < 1.29 is 17.7 Å². The van der Waals surface area contributed by atoms with Gasteiger partial charge in [0.05, 0.1) is 6.10 Å². The standard InChI is InChI=1S/C21H29NO4S/c1-3-20-9-10-21(4-2)17-8-6-16(26-27(22,24)25)11-14(17)5-7-18(21)19(20)12-15(23)13-20/h4,6,8,11,15,18-19,23H,2-3,5,7,9-10,12-13H2,1H3,(H2,22,24,25)/t15-,18?,19?,20-,21-/m1/s1. The molecule has 6 heteroatoms. The summed E-state index contributed by atoms with van der Waals surface area (Å²) < 4.78 is 27.4. The zero-order valence-electron chi connectivity index (χ0n) is 15.9. The van der Waals surface area contributed by atoms with Crippen molar-refractivity contribution in [3.05, 3.63) is 42.0 Å². The number of allylic oxidation sites excluding steroid dienone is 1.